The minimum Gasteiger partial charge on any atom is -0.481 e. The monoisotopic (exact) mass is 287 g/mol. The number of imide groups is 1. The van der Waals surface area contributed by atoms with Gasteiger partial charge in [0, 0.05) is 18.5 Å². The zero-order chi connectivity index (χ0) is 15.2. The summed E-state index contributed by atoms with van der Waals surface area (Å²) in [5, 5.41) is 8.56. The molecule has 0 unspecified atom stereocenters. The number of likely N-dealkylation sites (tertiary alicyclic amines) is 1. The number of unbranched alkanes of at least 4 members (excludes halogenated alkanes) is 1. The van der Waals surface area contributed by atoms with Crippen LogP contribution in [0.1, 0.15) is 31.2 Å². The summed E-state index contributed by atoms with van der Waals surface area (Å²) in [7, 11) is 0. The Hall–Kier alpha value is -2.43. The van der Waals surface area contributed by atoms with Crippen molar-refractivity contribution >= 4 is 23.9 Å². The minimum atomic E-state index is -0.862. The van der Waals surface area contributed by atoms with Gasteiger partial charge in [0.15, 0.2) is 0 Å². The zero-order valence-corrected chi connectivity index (χ0v) is 11.6. The second-order valence-electron chi connectivity index (χ2n) is 4.96. The normalized spacial score (nSPS) is 16.8. The number of carbonyl (C=O) groups is 3. The molecule has 5 heteroatoms. The van der Waals surface area contributed by atoms with Crippen LogP contribution >= 0.6 is 0 Å². The van der Waals surface area contributed by atoms with E-state index in [0.717, 1.165) is 5.56 Å². The van der Waals surface area contributed by atoms with Crippen LogP contribution in [0.4, 0.5) is 0 Å². The summed E-state index contributed by atoms with van der Waals surface area (Å²) in [6.07, 6.45) is 2.89. The van der Waals surface area contributed by atoms with Crippen LogP contribution in [0.3, 0.4) is 0 Å². The molecule has 0 aromatic heterocycles. The third-order valence-corrected chi connectivity index (χ3v) is 3.33. The summed E-state index contributed by atoms with van der Waals surface area (Å²) in [5.41, 5.74) is 1.38. The van der Waals surface area contributed by atoms with E-state index in [-0.39, 0.29) is 31.2 Å². The van der Waals surface area contributed by atoms with E-state index in [9.17, 15) is 14.4 Å². The molecule has 5 nitrogen and oxygen atoms in total. The van der Waals surface area contributed by atoms with E-state index in [1.165, 1.54) is 4.90 Å². The summed E-state index contributed by atoms with van der Waals surface area (Å²) in [6.45, 7) is 0.289. The highest BCUT2D eigenvalue weighted by atomic mass is 16.4. The molecular weight excluding hydrogens is 270 g/mol. The summed E-state index contributed by atoms with van der Waals surface area (Å²) < 4.78 is 0. The average Bonchev–Trinajstić information content (AvgIpc) is 2.71. The van der Waals surface area contributed by atoms with E-state index >= 15 is 0 Å². The van der Waals surface area contributed by atoms with Crippen LogP contribution in [0.15, 0.2) is 35.9 Å². The van der Waals surface area contributed by atoms with Crippen LogP contribution in [0, 0.1) is 0 Å². The lowest BCUT2D eigenvalue weighted by Gasteiger charge is -2.12. The van der Waals surface area contributed by atoms with Crippen molar-refractivity contribution < 1.29 is 19.5 Å². The number of amides is 2. The first-order valence-electron chi connectivity index (χ1n) is 6.90. The molecule has 2 amide bonds. The lowest BCUT2D eigenvalue weighted by atomic mass is 10.1. The molecule has 110 valence electrons. The maximum absolute atomic E-state index is 12.2. The Kier molecular flexibility index (Phi) is 4.87. The van der Waals surface area contributed by atoms with Crippen molar-refractivity contribution in [2.24, 2.45) is 0 Å². The van der Waals surface area contributed by atoms with Gasteiger partial charge in [-0.3, -0.25) is 19.3 Å². The van der Waals surface area contributed by atoms with Crippen LogP contribution in [-0.4, -0.2) is 34.3 Å². The molecule has 1 aromatic carbocycles. The van der Waals surface area contributed by atoms with E-state index in [1.54, 1.807) is 6.08 Å². The average molecular weight is 287 g/mol. The summed E-state index contributed by atoms with van der Waals surface area (Å²) in [6, 6.07) is 9.38. The maximum atomic E-state index is 12.2. The van der Waals surface area contributed by atoms with Crippen molar-refractivity contribution in [1.82, 2.24) is 4.90 Å². The van der Waals surface area contributed by atoms with E-state index in [1.807, 2.05) is 30.3 Å². The number of hydrogen-bond acceptors (Lipinski definition) is 3. The first-order valence-corrected chi connectivity index (χ1v) is 6.90. The van der Waals surface area contributed by atoms with E-state index < -0.39 is 5.97 Å². The second-order valence-corrected chi connectivity index (χ2v) is 4.96. The smallest absolute Gasteiger partial charge is 0.303 e. The standard InChI is InChI=1S/C16H17NO4/c18-14-11-13(10-12-6-2-1-3-7-12)16(21)17(14)9-5-4-8-15(19)20/h1-3,6-7,10H,4-5,8-9,11H2,(H,19,20). The van der Waals surface area contributed by atoms with Gasteiger partial charge in [0.05, 0.1) is 6.42 Å². The summed E-state index contributed by atoms with van der Waals surface area (Å²) >= 11 is 0. The fourth-order valence-corrected chi connectivity index (χ4v) is 2.26. The third-order valence-electron chi connectivity index (χ3n) is 3.33. The molecule has 1 heterocycles. The molecule has 21 heavy (non-hydrogen) atoms. The van der Waals surface area contributed by atoms with Crippen LogP contribution in [0.25, 0.3) is 6.08 Å². The number of rotatable bonds is 6. The highest BCUT2D eigenvalue weighted by Gasteiger charge is 2.32. The SMILES string of the molecule is O=C(O)CCCCN1C(=O)CC(=Cc2ccccc2)C1=O. The molecule has 1 aliphatic heterocycles. The molecule has 1 fully saturated rings. The Morgan fingerprint density at radius 1 is 1.19 bits per heavy atom. The van der Waals surface area contributed by atoms with Gasteiger partial charge < -0.3 is 5.11 Å². The number of benzene rings is 1. The topological polar surface area (TPSA) is 74.7 Å². The molecule has 2 rings (SSSR count). The predicted molar refractivity (Wildman–Crippen MR) is 77.2 cm³/mol. The molecule has 0 atom stereocenters. The summed E-state index contributed by atoms with van der Waals surface area (Å²) in [4.78, 5) is 35.7. The quantitative estimate of drug-likeness (QED) is 0.494. The highest BCUT2D eigenvalue weighted by Crippen LogP contribution is 2.22. The molecule has 0 radical (unpaired) electrons. The molecule has 0 saturated carbocycles. The van der Waals surface area contributed by atoms with E-state index in [2.05, 4.69) is 0 Å². The Balaban J connectivity index is 1.97. The van der Waals surface area contributed by atoms with Gasteiger partial charge in [-0.05, 0) is 24.5 Å². The first-order chi connectivity index (χ1) is 10.1. The number of hydrogen-bond donors (Lipinski definition) is 1. The van der Waals surface area contributed by atoms with Crippen LogP contribution < -0.4 is 0 Å². The number of aliphatic carboxylic acids is 1. The molecule has 0 bridgehead atoms. The van der Waals surface area contributed by atoms with Gasteiger partial charge in [0.2, 0.25) is 5.91 Å². The van der Waals surface area contributed by atoms with Gasteiger partial charge in [0.1, 0.15) is 0 Å². The molecule has 1 N–H and O–H groups in total. The van der Waals surface area contributed by atoms with Gasteiger partial charge >= 0.3 is 5.97 Å². The highest BCUT2D eigenvalue weighted by molar-refractivity contribution is 6.15. The van der Waals surface area contributed by atoms with Gasteiger partial charge in [-0.2, -0.15) is 0 Å². The third kappa shape index (κ3) is 4.02. The molecule has 1 aromatic rings. The van der Waals surface area contributed by atoms with Gasteiger partial charge in [0.25, 0.3) is 5.91 Å². The fourth-order valence-electron chi connectivity index (χ4n) is 2.26. The van der Waals surface area contributed by atoms with Crippen molar-refractivity contribution in [3.05, 3.63) is 41.5 Å². The van der Waals surface area contributed by atoms with Crippen molar-refractivity contribution in [1.29, 1.82) is 0 Å². The van der Waals surface area contributed by atoms with Gasteiger partial charge in [-0.25, -0.2) is 0 Å². The number of carboxylic acids is 1. The fraction of sp³-hybridized carbons (Fsp3) is 0.312. The Bertz CT molecular complexity index is 577. The van der Waals surface area contributed by atoms with Crippen molar-refractivity contribution in [2.75, 3.05) is 6.54 Å². The molecular formula is C16H17NO4. The number of carbonyl (C=O) groups excluding carboxylic acids is 2. The van der Waals surface area contributed by atoms with Gasteiger partial charge in [-0.1, -0.05) is 30.3 Å². The maximum Gasteiger partial charge on any atom is 0.303 e. The number of carboxylic acid groups (broad SMARTS) is 1. The second kappa shape index (κ2) is 6.83. The Morgan fingerprint density at radius 2 is 1.90 bits per heavy atom. The van der Waals surface area contributed by atoms with Crippen molar-refractivity contribution in [2.45, 2.75) is 25.7 Å². The zero-order valence-electron chi connectivity index (χ0n) is 11.6. The van der Waals surface area contributed by atoms with Crippen molar-refractivity contribution in [3.8, 4) is 0 Å². The minimum absolute atomic E-state index is 0.0585. The lowest BCUT2D eigenvalue weighted by Crippen LogP contribution is -2.30. The first kappa shape index (κ1) is 15.0. The largest absolute Gasteiger partial charge is 0.481 e. The predicted octanol–water partition coefficient (Wildman–Crippen LogP) is 2.08. The van der Waals surface area contributed by atoms with Crippen molar-refractivity contribution in [3.63, 3.8) is 0 Å². The van der Waals surface area contributed by atoms with E-state index in [4.69, 9.17) is 5.11 Å². The Morgan fingerprint density at radius 3 is 2.57 bits per heavy atom. The lowest BCUT2D eigenvalue weighted by molar-refractivity contribution is -0.137. The molecule has 1 saturated heterocycles. The van der Waals surface area contributed by atoms with E-state index in [0.29, 0.717) is 18.4 Å². The molecule has 0 spiro atoms. The number of nitrogens with zero attached hydrogens (tertiary/aromatic N) is 1. The van der Waals surface area contributed by atoms with Crippen LogP contribution in [0.5, 0.6) is 0 Å². The molecule has 0 aliphatic carbocycles. The molecule has 1 aliphatic rings. The van der Waals surface area contributed by atoms with Crippen LogP contribution in [-0.2, 0) is 14.4 Å². The van der Waals surface area contributed by atoms with Crippen LogP contribution in [0.2, 0.25) is 0 Å². The Labute approximate surface area is 122 Å². The summed E-state index contributed by atoms with van der Waals surface area (Å²) in [5.74, 6) is -1.34. The van der Waals surface area contributed by atoms with Gasteiger partial charge in [-0.15, -0.1) is 0 Å².